The van der Waals surface area contributed by atoms with Crippen molar-refractivity contribution in [3.8, 4) is 0 Å². The minimum absolute atomic E-state index is 0.222. The fourth-order valence-corrected chi connectivity index (χ4v) is 2.14. The Kier molecular flexibility index (Phi) is 2.21. The minimum Gasteiger partial charge on any atom is -0.473 e. The first kappa shape index (κ1) is 10.4. The smallest absolute Gasteiger partial charge is 0.253 e. The first-order chi connectivity index (χ1) is 8.15. The Morgan fingerprint density at radius 1 is 1.29 bits per heavy atom. The van der Waals surface area contributed by atoms with Crippen LogP contribution in [0.3, 0.4) is 0 Å². The van der Waals surface area contributed by atoms with Crippen LogP contribution in [0.2, 0.25) is 0 Å². The lowest BCUT2D eigenvalue weighted by Crippen LogP contribution is -2.01. The van der Waals surface area contributed by atoms with Crippen molar-refractivity contribution in [2.45, 2.75) is 26.8 Å². The molecule has 1 aliphatic heterocycles. The number of aliphatic imine (C=N–C) groups is 1. The van der Waals surface area contributed by atoms with Gasteiger partial charge in [0.15, 0.2) is 5.76 Å². The second-order valence-electron chi connectivity index (χ2n) is 4.65. The highest BCUT2D eigenvalue weighted by molar-refractivity contribution is 5.99. The van der Waals surface area contributed by atoms with Gasteiger partial charge in [0, 0.05) is 10.9 Å². The van der Waals surface area contributed by atoms with E-state index in [0.29, 0.717) is 12.5 Å². The second kappa shape index (κ2) is 3.62. The van der Waals surface area contributed by atoms with Crippen molar-refractivity contribution in [2.75, 3.05) is 6.61 Å². The topological polar surface area (TPSA) is 34.7 Å². The molecule has 0 bridgehead atoms. The summed E-state index contributed by atoms with van der Waals surface area (Å²) in [4.78, 5) is 4.44. The molecule has 3 rings (SSSR count). The Balaban J connectivity index is 2.18. The normalized spacial score (nSPS) is 19.5. The van der Waals surface area contributed by atoms with Gasteiger partial charge < -0.3 is 9.15 Å². The third kappa shape index (κ3) is 1.62. The molecular formula is C14H15NO2. The molecule has 0 saturated heterocycles. The van der Waals surface area contributed by atoms with Gasteiger partial charge in [0.25, 0.3) is 5.90 Å². The Labute approximate surface area is 100 Å². The average molecular weight is 229 g/mol. The maximum absolute atomic E-state index is 5.83. The van der Waals surface area contributed by atoms with Crippen molar-refractivity contribution in [2.24, 2.45) is 4.99 Å². The largest absolute Gasteiger partial charge is 0.473 e. The van der Waals surface area contributed by atoms with Gasteiger partial charge in [-0.1, -0.05) is 11.6 Å². The molecule has 88 valence electrons. The first-order valence-corrected chi connectivity index (χ1v) is 5.86. The summed E-state index contributed by atoms with van der Waals surface area (Å²) < 4.78 is 11.4. The van der Waals surface area contributed by atoms with Gasteiger partial charge in [-0.3, -0.25) is 0 Å². The van der Waals surface area contributed by atoms with Crippen molar-refractivity contribution < 1.29 is 9.15 Å². The van der Waals surface area contributed by atoms with E-state index in [1.54, 1.807) is 0 Å². The Morgan fingerprint density at radius 3 is 2.82 bits per heavy atom. The fraction of sp³-hybridized carbons (Fsp3) is 0.357. The van der Waals surface area contributed by atoms with E-state index < -0.39 is 0 Å². The third-order valence-electron chi connectivity index (χ3n) is 3.08. The lowest BCUT2D eigenvalue weighted by molar-refractivity contribution is 0.318. The van der Waals surface area contributed by atoms with Gasteiger partial charge in [0.1, 0.15) is 12.2 Å². The van der Waals surface area contributed by atoms with E-state index in [1.165, 1.54) is 5.56 Å². The van der Waals surface area contributed by atoms with Crippen molar-refractivity contribution in [1.82, 2.24) is 0 Å². The quantitative estimate of drug-likeness (QED) is 0.752. The lowest BCUT2D eigenvalue weighted by Gasteiger charge is -1.97. The van der Waals surface area contributed by atoms with Crippen LogP contribution in [0.5, 0.6) is 0 Å². The monoisotopic (exact) mass is 229 g/mol. The Bertz CT molecular complexity index is 610. The molecule has 1 atom stereocenters. The summed E-state index contributed by atoms with van der Waals surface area (Å²) in [7, 11) is 0. The molecule has 1 aromatic carbocycles. The van der Waals surface area contributed by atoms with Gasteiger partial charge in [-0.25, -0.2) is 4.99 Å². The number of rotatable bonds is 1. The molecule has 0 spiro atoms. The van der Waals surface area contributed by atoms with E-state index in [4.69, 9.17) is 9.15 Å². The summed E-state index contributed by atoms with van der Waals surface area (Å²) in [5, 5.41) is 1.14. The molecule has 1 aliphatic rings. The highest BCUT2D eigenvalue weighted by Gasteiger charge is 2.22. The summed E-state index contributed by atoms with van der Waals surface area (Å²) in [5.41, 5.74) is 3.24. The second-order valence-corrected chi connectivity index (χ2v) is 4.65. The third-order valence-corrected chi connectivity index (χ3v) is 3.08. The molecule has 2 aromatic rings. The molecule has 0 saturated carbocycles. The number of benzene rings is 1. The van der Waals surface area contributed by atoms with Crippen molar-refractivity contribution >= 4 is 16.9 Å². The van der Waals surface area contributed by atoms with Crippen LogP contribution in [-0.2, 0) is 4.74 Å². The first-order valence-electron chi connectivity index (χ1n) is 5.86. The van der Waals surface area contributed by atoms with Crippen LogP contribution in [0.15, 0.2) is 27.6 Å². The number of furan rings is 1. The molecule has 0 fully saturated rings. The van der Waals surface area contributed by atoms with E-state index in [1.807, 2.05) is 13.0 Å². The van der Waals surface area contributed by atoms with Gasteiger partial charge in [0.05, 0.1) is 6.04 Å². The van der Waals surface area contributed by atoms with Crippen LogP contribution in [0.1, 0.15) is 23.8 Å². The lowest BCUT2D eigenvalue weighted by atomic mass is 10.1. The van der Waals surface area contributed by atoms with E-state index in [9.17, 15) is 0 Å². The highest BCUT2D eigenvalue weighted by atomic mass is 16.5. The summed E-state index contributed by atoms with van der Waals surface area (Å²) in [6.07, 6.45) is 0. The minimum atomic E-state index is 0.222. The predicted octanol–water partition coefficient (Wildman–Crippen LogP) is 3.21. The molecule has 1 unspecified atom stereocenters. The molecule has 0 aliphatic carbocycles. The average Bonchev–Trinajstić information content (AvgIpc) is 2.84. The summed E-state index contributed by atoms with van der Waals surface area (Å²) in [6.45, 7) is 6.81. The van der Waals surface area contributed by atoms with Gasteiger partial charge in [-0.15, -0.1) is 0 Å². The number of nitrogens with zero attached hydrogens (tertiary/aromatic N) is 1. The van der Waals surface area contributed by atoms with E-state index in [2.05, 4.69) is 31.0 Å². The maximum Gasteiger partial charge on any atom is 0.253 e. The number of hydrogen-bond acceptors (Lipinski definition) is 3. The van der Waals surface area contributed by atoms with E-state index in [-0.39, 0.29) is 6.04 Å². The molecule has 17 heavy (non-hydrogen) atoms. The Hall–Kier alpha value is -1.77. The number of hydrogen-bond donors (Lipinski definition) is 0. The zero-order valence-electron chi connectivity index (χ0n) is 10.3. The summed E-state index contributed by atoms with van der Waals surface area (Å²) in [6, 6.07) is 6.41. The van der Waals surface area contributed by atoms with Crippen LogP contribution in [-0.4, -0.2) is 18.5 Å². The van der Waals surface area contributed by atoms with Crippen molar-refractivity contribution in [3.63, 3.8) is 0 Å². The van der Waals surface area contributed by atoms with Crippen LogP contribution >= 0.6 is 0 Å². The molecule has 3 heteroatoms. The maximum atomic E-state index is 5.83. The molecule has 0 amide bonds. The van der Waals surface area contributed by atoms with Gasteiger partial charge >= 0.3 is 0 Å². The molecular weight excluding hydrogens is 214 g/mol. The van der Waals surface area contributed by atoms with Crippen LogP contribution in [0.4, 0.5) is 0 Å². The van der Waals surface area contributed by atoms with Gasteiger partial charge in [-0.2, -0.15) is 0 Å². The fourth-order valence-electron chi connectivity index (χ4n) is 2.14. The molecule has 0 radical (unpaired) electrons. The Morgan fingerprint density at radius 2 is 2.12 bits per heavy atom. The number of fused-ring (bicyclic) bond motifs is 1. The van der Waals surface area contributed by atoms with E-state index in [0.717, 1.165) is 22.3 Å². The molecule has 1 aromatic heterocycles. The number of aryl methyl sites for hydroxylation is 2. The summed E-state index contributed by atoms with van der Waals surface area (Å²) in [5.74, 6) is 1.42. The van der Waals surface area contributed by atoms with Crippen molar-refractivity contribution in [1.29, 1.82) is 0 Å². The zero-order chi connectivity index (χ0) is 12.0. The standard InChI is InChI=1S/C14H15NO2/c1-8-4-5-12-11(6-8)10(3)13(17-12)14-15-9(2)7-16-14/h4-6,9H,7H2,1-3H3. The van der Waals surface area contributed by atoms with Crippen LogP contribution in [0.25, 0.3) is 11.0 Å². The molecule has 3 nitrogen and oxygen atoms in total. The SMILES string of the molecule is Cc1ccc2oc(C3=NC(C)CO3)c(C)c2c1. The predicted molar refractivity (Wildman–Crippen MR) is 67.6 cm³/mol. The van der Waals surface area contributed by atoms with Gasteiger partial charge in [0.2, 0.25) is 0 Å². The summed E-state index contributed by atoms with van der Waals surface area (Å²) >= 11 is 0. The molecule has 0 N–H and O–H groups in total. The van der Waals surface area contributed by atoms with Crippen LogP contribution in [0, 0.1) is 13.8 Å². The van der Waals surface area contributed by atoms with Crippen molar-refractivity contribution in [3.05, 3.63) is 35.1 Å². The zero-order valence-corrected chi connectivity index (χ0v) is 10.3. The van der Waals surface area contributed by atoms with Gasteiger partial charge in [-0.05, 0) is 32.9 Å². The van der Waals surface area contributed by atoms with E-state index >= 15 is 0 Å². The highest BCUT2D eigenvalue weighted by Crippen LogP contribution is 2.28. The van der Waals surface area contributed by atoms with Crippen LogP contribution < -0.4 is 0 Å². The molecule has 2 heterocycles. The number of ether oxygens (including phenoxy) is 1.